The molecule has 2 aliphatic rings. The van der Waals surface area contributed by atoms with E-state index >= 15 is 0 Å². The van der Waals surface area contributed by atoms with Gasteiger partial charge in [-0.15, -0.1) is 0 Å². The second kappa shape index (κ2) is 5.36. The molecule has 1 saturated carbocycles. The van der Waals surface area contributed by atoms with Gasteiger partial charge >= 0.3 is 5.97 Å². The zero-order valence-corrected chi connectivity index (χ0v) is 11.4. The Balaban J connectivity index is 1.81. The number of carboxylic acids is 1. The zero-order chi connectivity index (χ0) is 14.1. The molecule has 108 valence electrons. The SMILES string of the molecule is COC(c1noc([C@@H]2CC=CC[C@@H]2C(=O)O)n1)C1CC1. The van der Waals surface area contributed by atoms with Crippen molar-refractivity contribution in [2.75, 3.05) is 7.11 Å². The van der Waals surface area contributed by atoms with Crippen LogP contribution in [0.5, 0.6) is 0 Å². The highest BCUT2D eigenvalue weighted by molar-refractivity contribution is 5.71. The molecule has 0 bridgehead atoms. The maximum Gasteiger partial charge on any atom is 0.307 e. The predicted octanol–water partition coefficient (Wildman–Crippen LogP) is 2.30. The molecule has 20 heavy (non-hydrogen) atoms. The first kappa shape index (κ1) is 13.3. The van der Waals surface area contributed by atoms with E-state index in [1.165, 1.54) is 0 Å². The summed E-state index contributed by atoms with van der Waals surface area (Å²) in [6, 6.07) is 0. The number of aliphatic carboxylic acids is 1. The molecule has 1 aromatic heterocycles. The topological polar surface area (TPSA) is 85.5 Å². The molecular formula is C14H18N2O4. The predicted molar refractivity (Wildman–Crippen MR) is 69.0 cm³/mol. The Morgan fingerprint density at radius 2 is 2.20 bits per heavy atom. The number of hydrogen-bond donors (Lipinski definition) is 1. The van der Waals surface area contributed by atoms with Crippen molar-refractivity contribution >= 4 is 5.97 Å². The van der Waals surface area contributed by atoms with Gasteiger partial charge in [0, 0.05) is 7.11 Å². The molecule has 0 radical (unpaired) electrons. The number of rotatable bonds is 5. The average molecular weight is 278 g/mol. The highest BCUT2D eigenvalue weighted by Gasteiger charge is 2.38. The first-order chi connectivity index (χ1) is 9.70. The molecule has 6 nitrogen and oxygen atoms in total. The summed E-state index contributed by atoms with van der Waals surface area (Å²) in [4.78, 5) is 15.7. The van der Waals surface area contributed by atoms with Crippen molar-refractivity contribution in [1.82, 2.24) is 10.1 Å². The number of carbonyl (C=O) groups is 1. The zero-order valence-electron chi connectivity index (χ0n) is 11.4. The summed E-state index contributed by atoms with van der Waals surface area (Å²) >= 11 is 0. The molecule has 0 amide bonds. The van der Waals surface area contributed by atoms with Crippen molar-refractivity contribution < 1.29 is 19.2 Å². The summed E-state index contributed by atoms with van der Waals surface area (Å²) in [5, 5.41) is 13.3. The molecule has 3 rings (SSSR count). The lowest BCUT2D eigenvalue weighted by Crippen LogP contribution is -2.23. The number of hydrogen-bond acceptors (Lipinski definition) is 5. The van der Waals surface area contributed by atoms with Crippen LogP contribution in [0.2, 0.25) is 0 Å². The van der Waals surface area contributed by atoms with Gasteiger partial charge in [0.05, 0.1) is 11.8 Å². The third-order valence-electron chi connectivity index (χ3n) is 4.08. The van der Waals surface area contributed by atoms with E-state index in [1.54, 1.807) is 7.11 Å². The molecule has 1 aromatic rings. The van der Waals surface area contributed by atoms with Crippen molar-refractivity contribution in [2.24, 2.45) is 11.8 Å². The number of methoxy groups -OCH3 is 1. The first-order valence-electron chi connectivity index (χ1n) is 6.94. The fourth-order valence-electron chi connectivity index (χ4n) is 2.78. The van der Waals surface area contributed by atoms with Gasteiger partial charge in [-0.2, -0.15) is 4.98 Å². The van der Waals surface area contributed by atoms with Crippen LogP contribution in [-0.4, -0.2) is 28.3 Å². The van der Waals surface area contributed by atoms with Crippen LogP contribution in [0.3, 0.4) is 0 Å². The summed E-state index contributed by atoms with van der Waals surface area (Å²) in [6.45, 7) is 0. The maximum atomic E-state index is 11.3. The lowest BCUT2D eigenvalue weighted by Gasteiger charge is -2.21. The van der Waals surface area contributed by atoms with Crippen molar-refractivity contribution in [2.45, 2.75) is 37.7 Å². The van der Waals surface area contributed by atoms with E-state index in [-0.39, 0.29) is 12.0 Å². The van der Waals surface area contributed by atoms with Gasteiger partial charge < -0.3 is 14.4 Å². The summed E-state index contributed by atoms with van der Waals surface area (Å²) in [5.74, 6) is -0.120. The third kappa shape index (κ3) is 2.47. The number of allylic oxidation sites excluding steroid dienone is 2. The maximum absolute atomic E-state index is 11.3. The molecule has 1 heterocycles. The van der Waals surface area contributed by atoms with Gasteiger partial charge in [0.2, 0.25) is 11.7 Å². The summed E-state index contributed by atoms with van der Waals surface area (Å²) < 4.78 is 10.7. The summed E-state index contributed by atoms with van der Waals surface area (Å²) in [6.07, 6.45) is 7.11. The summed E-state index contributed by atoms with van der Waals surface area (Å²) in [5.41, 5.74) is 0. The number of aromatic nitrogens is 2. The molecule has 0 saturated heterocycles. The van der Waals surface area contributed by atoms with Crippen molar-refractivity contribution in [3.8, 4) is 0 Å². The molecule has 6 heteroatoms. The van der Waals surface area contributed by atoms with E-state index in [0.717, 1.165) is 12.8 Å². The van der Waals surface area contributed by atoms with E-state index in [2.05, 4.69) is 10.1 Å². The van der Waals surface area contributed by atoms with Gasteiger partial charge in [0.25, 0.3) is 0 Å². The number of nitrogens with zero attached hydrogens (tertiary/aromatic N) is 2. The minimum atomic E-state index is -0.815. The van der Waals surface area contributed by atoms with Gasteiger partial charge in [-0.3, -0.25) is 4.79 Å². The Hall–Kier alpha value is -1.69. The van der Waals surface area contributed by atoms with Crippen LogP contribution in [0.4, 0.5) is 0 Å². The van der Waals surface area contributed by atoms with Crippen molar-refractivity contribution in [3.63, 3.8) is 0 Å². The Kier molecular flexibility index (Phi) is 3.56. The smallest absolute Gasteiger partial charge is 0.307 e. The largest absolute Gasteiger partial charge is 0.481 e. The lowest BCUT2D eigenvalue weighted by atomic mass is 9.83. The Bertz CT molecular complexity index is 521. The van der Waals surface area contributed by atoms with E-state index in [0.29, 0.717) is 30.5 Å². The highest BCUT2D eigenvalue weighted by atomic mass is 16.5. The highest BCUT2D eigenvalue weighted by Crippen LogP contribution is 2.42. The Morgan fingerprint density at radius 1 is 1.45 bits per heavy atom. The van der Waals surface area contributed by atoms with E-state index in [1.807, 2.05) is 12.2 Å². The van der Waals surface area contributed by atoms with Gasteiger partial charge in [0.15, 0.2) is 0 Å². The van der Waals surface area contributed by atoms with Crippen LogP contribution in [0, 0.1) is 11.8 Å². The first-order valence-corrected chi connectivity index (χ1v) is 6.94. The van der Waals surface area contributed by atoms with Gasteiger partial charge in [-0.25, -0.2) is 0 Å². The fourth-order valence-corrected chi connectivity index (χ4v) is 2.78. The van der Waals surface area contributed by atoms with E-state index < -0.39 is 11.9 Å². The van der Waals surface area contributed by atoms with Gasteiger partial charge in [-0.05, 0) is 31.6 Å². The standard InChI is InChI=1S/C14H18N2O4/c1-19-11(8-6-7-8)12-15-13(20-16-12)9-4-2-3-5-10(9)14(17)18/h2-3,8-11H,4-7H2,1H3,(H,17,18)/t9-,10+,11?/m1/s1. The van der Waals surface area contributed by atoms with Crippen molar-refractivity contribution in [3.05, 3.63) is 23.9 Å². The minimum absolute atomic E-state index is 0.130. The second-order valence-corrected chi connectivity index (χ2v) is 5.48. The van der Waals surface area contributed by atoms with E-state index in [4.69, 9.17) is 9.26 Å². The van der Waals surface area contributed by atoms with Crippen LogP contribution >= 0.6 is 0 Å². The quantitative estimate of drug-likeness (QED) is 0.832. The van der Waals surface area contributed by atoms with Gasteiger partial charge in [0.1, 0.15) is 6.10 Å². The molecular weight excluding hydrogens is 260 g/mol. The monoisotopic (exact) mass is 278 g/mol. The molecule has 1 N–H and O–H groups in total. The Morgan fingerprint density at radius 3 is 2.85 bits per heavy atom. The van der Waals surface area contributed by atoms with Crippen LogP contribution < -0.4 is 0 Å². The molecule has 1 fully saturated rings. The molecule has 0 spiro atoms. The average Bonchev–Trinajstić information content (AvgIpc) is 3.17. The summed E-state index contributed by atoms with van der Waals surface area (Å²) in [7, 11) is 1.64. The normalized spacial score (nSPS) is 27.4. The molecule has 3 atom stereocenters. The number of ether oxygens (including phenoxy) is 1. The van der Waals surface area contributed by atoms with Crippen LogP contribution in [-0.2, 0) is 9.53 Å². The van der Waals surface area contributed by atoms with E-state index in [9.17, 15) is 9.90 Å². The van der Waals surface area contributed by atoms with Crippen LogP contribution in [0.1, 0.15) is 49.4 Å². The molecule has 2 aliphatic carbocycles. The minimum Gasteiger partial charge on any atom is -0.481 e. The molecule has 1 unspecified atom stereocenters. The Labute approximate surface area is 116 Å². The van der Waals surface area contributed by atoms with Crippen LogP contribution in [0.25, 0.3) is 0 Å². The van der Waals surface area contributed by atoms with Crippen molar-refractivity contribution in [1.29, 1.82) is 0 Å². The third-order valence-corrected chi connectivity index (χ3v) is 4.08. The number of carboxylic acid groups (broad SMARTS) is 1. The van der Waals surface area contributed by atoms with Gasteiger partial charge in [-0.1, -0.05) is 17.3 Å². The second-order valence-electron chi connectivity index (χ2n) is 5.48. The molecule has 0 aromatic carbocycles. The fraction of sp³-hybridized carbons (Fsp3) is 0.643. The van der Waals surface area contributed by atoms with Crippen LogP contribution in [0.15, 0.2) is 16.7 Å². The lowest BCUT2D eigenvalue weighted by molar-refractivity contribution is -0.142. The molecule has 0 aliphatic heterocycles.